The monoisotopic (exact) mass is 220 g/mol. The average molecular weight is 220 g/mol. The van der Waals surface area contributed by atoms with E-state index in [9.17, 15) is 9.59 Å². The van der Waals surface area contributed by atoms with E-state index in [2.05, 4.69) is 0 Å². The van der Waals surface area contributed by atoms with Crippen LogP contribution < -0.4 is 0 Å². The van der Waals surface area contributed by atoms with Crippen LogP contribution in [0.1, 0.15) is 12.0 Å². The molecular weight excluding hydrogens is 208 g/mol. The highest BCUT2D eigenvalue weighted by Gasteiger charge is 2.08. The van der Waals surface area contributed by atoms with Gasteiger partial charge in [-0.05, 0) is 5.56 Å². The van der Waals surface area contributed by atoms with E-state index >= 15 is 0 Å². The van der Waals surface area contributed by atoms with E-state index in [1.165, 1.54) is 6.08 Å². The van der Waals surface area contributed by atoms with Crippen molar-refractivity contribution in [2.45, 2.75) is 12.8 Å². The summed E-state index contributed by atoms with van der Waals surface area (Å²) < 4.78 is 0. The number of rotatable bonds is 5. The van der Waals surface area contributed by atoms with Crippen LogP contribution in [-0.4, -0.2) is 22.2 Å². The number of benzene rings is 1. The van der Waals surface area contributed by atoms with Crippen molar-refractivity contribution in [2.75, 3.05) is 0 Å². The van der Waals surface area contributed by atoms with Crippen molar-refractivity contribution in [2.24, 2.45) is 0 Å². The third-order valence-electron chi connectivity index (χ3n) is 2.04. The maximum absolute atomic E-state index is 10.9. The predicted octanol–water partition coefficient (Wildman–Crippen LogP) is 1.71. The van der Waals surface area contributed by atoms with Crippen molar-refractivity contribution in [3.8, 4) is 0 Å². The summed E-state index contributed by atoms with van der Waals surface area (Å²) >= 11 is 0. The zero-order chi connectivity index (χ0) is 12.0. The number of carbonyl (C=O) groups is 2. The normalized spacial score (nSPS) is 11.1. The standard InChI is InChI=1S/C12H12O4/c13-11(14)7-6-10(12(15)16)8-9-4-2-1-3-5-9/h1-6H,7-8H2,(H,13,14)(H,15,16)/b10-6-. The summed E-state index contributed by atoms with van der Waals surface area (Å²) in [6.07, 6.45) is 1.20. The van der Waals surface area contributed by atoms with Crippen LogP contribution in [0.4, 0.5) is 0 Å². The lowest BCUT2D eigenvalue weighted by Crippen LogP contribution is -2.05. The molecule has 0 heterocycles. The Hall–Kier alpha value is -2.10. The molecule has 0 aliphatic heterocycles. The smallest absolute Gasteiger partial charge is 0.331 e. The maximum atomic E-state index is 10.9. The first kappa shape index (κ1) is 12.0. The van der Waals surface area contributed by atoms with E-state index in [0.29, 0.717) is 0 Å². The van der Waals surface area contributed by atoms with Gasteiger partial charge in [0, 0.05) is 12.0 Å². The van der Waals surface area contributed by atoms with Crippen molar-refractivity contribution in [1.29, 1.82) is 0 Å². The van der Waals surface area contributed by atoms with Gasteiger partial charge in [0.25, 0.3) is 0 Å². The number of hydrogen-bond donors (Lipinski definition) is 2. The molecule has 0 radical (unpaired) electrons. The number of aliphatic carboxylic acids is 2. The van der Waals surface area contributed by atoms with Crippen LogP contribution >= 0.6 is 0 Å². The molecule has 0 spiro atoms. The van der Waals surface area contributed by atoms with Crippen molar-refractivity contribution < 1.29 is 19.8 Å². The summed E-state index contributed by atoms with van der Waals surface area (Å²) in [5, 5.41) is 17.4. The average Bonchev–Trinajstić information content (AvgIpc) is 2.25. The fourth-order valence-electron chi connectivity index (χ4n) is 1.26. The van der Waals surface area contributed by atoms with Gasteiger partial charge in [-0.1, -0.05) is 36.4 Å². The molecule has 0 saturated heterocycles. The van der Waals surface area contributed by atoms with E-state index in [1.54, 1.807) is 12.1 Å². The van der Waals surface area contributed by atoms with Gasteiger partial charge in [-0.15, -0.1) is 0 Å². The third kappa shape index (κ3) is 3.96. The molecule has 2 N–H and O–H groups in total. The lowest BCUT2D eigenvalue weighted by molar-refractivity contribution is -0.136. The number of carboxylic acid groups (broad SMARTS) is 2. The fourth-order valence-corrected chi connectivity index (χ4v) is 1.26. The minimum Gasteiger partial charge on any atom is -0.481 e. The molecule has 1 aromatic rings. The Morgan fingerprint density at radius 1 is 1.12 bits per heavy atom. The highest BCUT2D eigenvalue weighted by atomic mass is 16.4. The second-order valence-corrected chi connectivity index (χ2v) is 3.29. The van der Waals surface area contributed by atoms with Gasteiger partial charge in [0.05, 0.1) is 6.42 Å². The van der Waals surface area contributed by atoms with Gasteiger partial charge in [-0.25, -0.2) is 4.79 Å². The molecule has 4 heteroatoms. The predicted molar refractivity (Wildman–Crippen MR) is 58.1 cm³/mol. The molecule has 0 fully saturated rings. The zero-order valence-corrected chi connectivity index (χ0v) is 8.59. The molecule has 0 aromatic heterocycles. The first-order valence-electron chi connectivity index (χ1n) is 4.77. The van der Waals surface area contributed by atoms with Crippen LogP contribution in [0, 0.1) is 0 Å². The second kappa shape index (κ2) is 5.70. The summed E-state index contributed by atoms with van der Waals surface area (Å²) in [6.45, 7) is 0. The van der Waals surface area contributed by atoms with Gasteiger partial charge < -0.3 is 10.2 Å². The van der Waals surface area contributed by atoms with Crippen molar-refractivity contribution >= 4 is 11.9 Å². The molecule has 1 aromatic carbocycles. The summed E-state index contributed by atoms with van der Waals surface area (Å²) in [7, 11) is 0. The molecular formula is C12H12O4. The molecule has 0 aliphatic rings. The van der Waals surface area contributed by atoms with E-state index in [-0.39, 0.29) is 18.4 Å². The quantitative estimate of drug-likeness (QED) is 0.741. The molecule has 1 rings (SSSR count). The molecule has 0 amide bonds. The lowest BCUT2D eigenvalue weighted by Gasteiger charge is -2.02. The lowest BCUT2D eigenvalue weighted by atomic mass is 10.0. The molecule has 0 saturated carbocycles. The Balaban J connectivity index is 2.77. The molecule has 0 aliphatic carbocycles. The SMILES string of the molecule is O=C(O)C/C=C(/Cc1ccccc1)C(=O)O. The Kier molecular flexibility index (Phi) is 4.27. The first-order chi connectivity index (χ1) is 7.59. The second-order valence-electron chi connectivity index (χ2n) is 3.29. The third-order valence-corrected chi connectivity index (χ3v) is 2.04. The Labute approximate surface area is 92.8 Å². The molecule has 0 bridgehead atoms. The zero-order valence-electron chi connectivity index (χ0n) is 8.59. The highest BCUT2D eigenvalue weighted by Crippen LogP contribution is 2.09. The van der Waals surface area contributed by atoms with Crippen LogP contribution in [0.3, 0.4) is 0 Å². The number of hydrogen-bond acceptors (Lipinski definition) is 2. The molecule has 16 heavy (non-hydrogen) atoms. The van der Waals surface area contributed by atoms with Crippen LogP contribution in [0.2, 0.25) is 0 Å². The van der Waals surface area contributed by atoms with Gasteiger partial charge in [0.2, 0.25) is 0 Å². The Bertz CT molecular complexity index is 406. The van der Waals surface area contributed by atoms with E-state index < -0.39 is 11.9 Å². The fraction of sp³-hybridized carbons (Fsp3) is 0.167. The van der Waals surface area contributed by atoms with Crippen molar-refractivity contribution in [1.82, 2.24) is 0 Å². The van der Waals surface area contributed by atoms with Gasteiger partial charge in [0.1, 0.15) is 0 Å². The summed E-state index contributed by atoms with van der Waals surface area (Å²) in [5.74, 6) is -2.11. The molecule has 0 atom stereocenters. The van der Waals surface area contributed by atoms with Crippen molar-refractivity contribution in [3.05, 3.63) is 47.5 Å². The van der Waals surface area contributed by atoms with Crippen LogP contribution in [0.5, 0.6) is 0 Å². The maximum Gasteiger partial charge on any atom is 0.331 e. The van der Waals surface area contributed by atoms with E-state index in [1.807, 2.05) is 18.2 Å². The molecule has 4 nitrogen and oxygen atoms in total. The summed E-state index contributed by atoms with van der Waals surface area (Å²) in [4.78, 5) is 21.2. The largest absolute Gasteiger partial charge is 0.481 e. The highest BCUT2D eigenvalue weighted by molar-refractivity contribution is 5.88. The van der Waals surface area contributed by atoms with E-state index in [0.717, 1.165) is 5.56 Å². The minimum absolute atomic E-state index is 0.105. The van der Waals surface area contributed by atoms with Crippen LogP contribution in [0.25, 0.3) is 0 Å². The minimum atomic E-state index is -1.08. The topological polar surface area (TPSA) is 74.6 Å². The molecule has 84 valence electrons. The van der Waals surface area contributed by atoms with Gasteiger partial charge in [-0.2, -0.15) is 0 Å². The van der Waals surface area contributed by atoms with Crippen molar-refractivity contribution in [3.63, 3.8) is 0 Å². The Morgan fingerprint density at radius 2 is 1.75 bits per heavy atom. The summed E-state index contributed by atoms with van der Waals surface area (Å²) in [6, 6.07) is 9.07. The molecule has 0 unspecified atom stereocenters. The Morgan fingerprint density at radius 3 is 2.25 bits per heavy atom. The van der Waals surface area contributed by atoms with Crippen LogP contribution in [-0.2, 0) is 16.0 Å². The van der Waals surface area contributed by atoms with Crippen LogP contribution in [0.15, 0.2) is 42.0 Å². The van der Waals surface area contributed by atoms with Gasteiger partial charge in [0.15, 0.2) is 0 Å². The summed E-state index contributed by atoms with van der Waals surface area (Å²) in [5.41, 5.74) is 0.954. The van der Waals surface area contributed by atoms with Gasteiger partial charge >= 0.3 is 11.9 Å². The number of carboxylic acids is 2. The van der Waals surface area contributed by atoms with E-state index in [4.69, 9.17) is 10.2 Å². The first-order valence-corrected chi connectivity index (χ1v) is 4.77. The van der Waals surface area contributed by atoms with Gasteiger partial charge in [-0.3, -0.25) is 4.79 Å².